The molecular weight excluding hydrogens is 347 g/mol. The number of alkyl halides is 3. The molecule has 0 saturated heterocycles. The van der Waals surface area contributed by atoms with Crippen molar-refractivity contribution in [2.75, 3.05) is 13.2 Å². The number of ether oxygens (including phenoxy) is 1. The van der Waals surface area contributed by atoms with Gasteiger partial charge in [0.05, 0.1) is 18.7 Å². The van der Waals surface area contributed by atoms with Crippen LogP contribution < -0.4 is 0 Å². The van der Waals surface area contributed by atoms with Crippen molar-refractivity contribution in [2.45, 2.75) is 12.7 Å². The van der Waals surface area contributed by atoms with E-state index in [1.54, 1.807) is 16.8 Å². The van der Waals surface area contributed by atoms with Gasteiger partial charge < -0.3 is 9.72 Å². The molecule has 104 valence electrons. The van der Waals surface area contributed by atoms with E-state index in [1.165, 1.54) is 0 Å². The fourth-order valence-corrected chi connectivity index (χ4v) is 2.19. The first-order valence-corrected chi connectivity index (χ1v) is 6.45. The highest BCUT2D eigenvalue weighted by Gasteiger charge is 2.27. The molecule has 0 unspecified atom stereocenters. The van der Waals surface area contributed by atoms with Crippen molar-refractivity contribution < 1.29 is 17.9 Å². The summed E-state index contributed by atoms with van der Waals surface area (Å²) in [5, 5.41) is 0. The molecular formula is C10H9BrF3N3OS. The topological polar surface area (TPSA) is 42.8 Å². The maximum Gasteiger partial charge on any atom is 0.411 e. The third kappa shape index (κ3) is 3.77. The molecule has 0 aliphatic heterocycles. The first kappa shape index (κ1) is 14.5. The second-order valence-corrected chi connectivity index (χ2v) is 5.08. The lowest BCUT2D eigenvalue weighted by molar-refractivity contribution is -0.174. The summed E-state index contributed by atoms with van der Waals surface area (Å²) in [6.07, 6.45) is -2.72. The summed E-state index contributed by atoms with van der Waals surface area (Å²) in [7, 11) is 0. The predicted octanol–water partition coefficient (Wildman–Crippen LogP) is 3.44. The number of H-pyrrole nitrogens is 1. The normalized spacial score (nSPS) is 12.2. The van der Waals surface area contributed by atoms with Crippen molar-refractivity contribution in [3.8, 4) is 0 Å². The van der Waals surface area contributed by atoms with Gasteiger partial charge in [0.2, 0.25) is 0 Å². The molecule has 2 aromatic heterocycles. The van der Waals surface area contributed by atoms with Gasteiger partial charge in [-0.15, -0.1) is 0 Å². The van der Waals surface area contributed by atoms with Gasteiger partial charge >= 0.3 is 6.18 Å². The molecule has 2 aromatic rings. The van der Waals surface area contributed by atoms with Gasteiger partial charge in [-0.05, 0) is 34.2 Å². The highest BCUT2D eigenvalue weighted by molar-refractivity contribution is 9.10. The number of imidazole rings is 1. The number of nitrogens with zero attached hydrogens (tertiary/aromatic N) is 2. The van der Waals surface area contributed by atoms with E-state index in [1.807, 2.05) is 0 Å². The summed E-state index contributed by atoms with van der Waals surface area (Å²) in [6.45, 7) is -1.14. The van der Waals surface area contributed by atoms with E-state index in [-0.39, 0.29) is 13.2 Å². The number of hydrogen-bond donors (Lipinski definition) is 1. The number of aromatic amines is 1. The second kappa shape index (κ2) is 5.59. The van der Waals surface area contributed by atoms with Crippen LogP contribution in [-0.2, 0) is 11.3 Å². The van der Waals surface area contributed by atoms with Crippen LogP contribution >= 0.6 is 28.1 Å². The fraction of sp³-hybridized carbons (Fsp3) is 0.400. The molecule has 4 nitrogen and oxygen atoms in total. The largest absolute Gasteiger partial charge is 0.411 e. The standard InChI is InChI=1S/C10H9BrF3N3OS/c11-6-3-7-8(15-4-6)17(9(19)16-7)1-2-18-5-10(12,13)14/h3-4H,1-2,5H2,(H,16,19). The SMILES string of the molecule is FC(F)(F)COCCn1c(=S)[nH]c2cc(Br)cnc21. The van der Waals surface area contributed by atoms with Crippen LogP contribution in [0.1, 0.15) is 0 Å². The average molecular weight is 356 g/mol. The van der Waals surface area contributed by atoms with Crippen LogP contribution in [0.25, 0.3) is 11.2 Å². The summed E-state index contributed by atoms with van der Waals surface area (Å²) >= 11 is 8.37. The van der Waals surface area contributed by atoms with Gasteiger partial charge in [0.1, 0.15) is 6.61 Å². The zero-order chi connectivity index (χ0) is 14.0. The minimum Gasteiger partial charge on any atom is -0.370 e. The third-order valence-electron chi connectivity index (χ3n) is 2.30. The Morgan fingerprint density at radius 3 is 2.89 bits per heavy atom. The van der Waals surface area contributed by atoms with Gasteiger partial charge in [-0.2, -0.15) is 13.2 Å². The minimum absolute atomic E-state index is 0.0848. The molecule has 9 heteroatoms. The summed E-state index contributed by atoms with van der Waals surface area (Å²) in [4.78, 5) is 7.10. The van der Waals surface area contributed by atoms with Crippen molar-refractivity contribution in [3.05, 3.63) is 21.5 Å². The summed E-state index contributed by atoms with van der Waals surface area (Å²) in [5.41, 5.74) is 1.30. The molecule has 0 aliphatic carbocycles. The number of halogens is 4. The van der Waals surface area contributed by atoms with Crippen LogP contribution in [0.15, 0.2) is 16.7 Å². The van der Waals surface area contributed by atoms with E-state index in [0.29, 0.717) is 10.4 Å². The molecule has 19 heavy (non-hydrogen) atoms. The van der Waals surface area contributed by atoms with E-state index < -0.39 is 12.8 Å². The van der Waals surface area contributed by atoms with Crippen molar-refractivity contribution in [1.29, 1.82) is 0 Å². The van der Waals surface area contributed by atoms with E-state index in [0.717, 1.165) is 9.99 Å². The Bertz CT molecular complexity index is 637. The Hall–Kier alpha value is -0.930. The van der Waals surface area contributed by atoms with Crippen LogP contribution in [0.4, 0.5) is 13.2 Å². The van der Waals surface area contributed by atoms with Crippen molar-refractivity contribution >= 4 is 39.3 Å². The summed E-state index contributed by atoms with van der Waals surface area (Å²) < 4.78 is 43.1. The number of fused-ring (bicyclic) bond motifs is 1. The molecule has 0 bridgehead atoms. The number of rotatable bonds is 4. The molecule has 1 N–H and O–H groups in total. The van der Waals surface area contributed by atoms with Crippen LogP contribution in [0.2, 0.25) is 0 Å². The molecule has 0 aliphatic rings. The Morgan fingerprint density at radius 2 is 2.21 bits per heavy atom. The number of hydrogen-bond acceptors (Lipinski definition) is 3. The first-order chi connectivity index (χ1) is 8.87. The molecule has 2 heterocycles. The molecule has 2 rings (SSSR count). The Balaban J connectivity index is 2.09. The molecule has 0 fully saturated rings. The first-order valence-electron chi connectivity index (χ1n) is 5.25. The lowest BCUT2D eigenvalue weighted by Gasteiger charge is -2.08. The summed E-state index contributed by atoms with van der Waals surface area (Å²) in [6, 6.07) is 1.80. The van der Waals surface area contributed by atoms with Crippen molar-refractivity contribution in [1.82, 2.24) is 14.5 Å². The zero-order valence-corrected chi connectivity index (χ0v) is 11.9. The minimum atomic E-state index is -4.31. The molecule has 0 saturated carbocycles. The molecule has 0 spiro atoms. The van der Waals surface area contributed by atoms with Crippen molar-refractivity contribution in [3.63, 3.8) is 0 Å². The predicted molar refractivity (Wildman–Crippen MR) is 69.5 cm³/mol. The van der Waals surface area contributed by atoms with Gasteiger partial charge in [0.15, 0.2) is 10.4 Å². The van der Waals surface area contributed by atoms with E-state index >= 15 is 0 Å². The monoisotopic (exact) mass is 355 g/mol. The van der Waals surface area contributed by atoms with Gasteiger partial charge in [-0.25, -0.2) is 4.98 Å². The van der Waals surface area contributed by atoms with Gasteiger partial charge in [0.25, 0.3) is 0 Å². The highest BCUT2D eigenvalue weighted by Crippen LogP contribution is 2.17. The summed E-state index contributed by atoms with van der Waals surface area (Å²) in [5.74, 6) is 0. The van der Waals surface area contributed by atoms with Gasteiger partial charge in [0, 0.05) is 10.7 Å². The van der Waals surface area contributed by atoms with Crippen LogP contribution in [0.3, 0.4) is 0 Å². The van der Waals surface area contributed by atoms with Crippen LogP contribution in [0.5, 0.6) is 0 Å². The van der Waals surface area contributed by atoms with E-state index in [2.05, 4.69) is 30.6 Å². The molecule has 0 radical (unpaired) electrons. The third-order valence-corrected chi connectivity index (χ3v) is 3.06. The molecule has 0 aromatic carbocycles. The fourth-order valence-electron chi connectivity index (χ4n) is 1.57. The van der Waals surface area contributed by atoms with E-state index in [4.69, 9.17) is 12.2 Å². The maximum absolute atomic E-state index is 11.9. The highest BCUT2D eigenvalue weighted by atomic mass is 79.9. The number of nitrogens with one attached hydrogen (secondary N) is 1. The smallest absolute Gasteiger partial charge is 0.370 e. The second-order valence-electron chi connectivity index (χ2n) is 3.77. The van der Waals surface area contributed by atoms with Crippen LogP contribution in [-0.4, -0.2) is 33.9 Å². The molecule has 0 amide bonds. The maximum atomic E-state index is 11.9. The number of pyridine rings is 1. The lowest BCUT2D eigenvalue weighted by atomic mass is 10.4. The van der Waals surface area contributed by atoms with Gasteiger partial charge in [-0.1, -0.05) is 0 Å². The van der Waals surface area contributed by atoms with Crippen LogP contribution in [0, 0.1) is 4.77 Å². The van der Waals surface area contributed by atoms with Crippen molar-refractivity contribution in [2.24, 2.45) is 0 Å². The Morgan fingerprint density at radius 1 is 1.47 bits per heavy atom. The lowest BCUT2D eigenvalue weighted by Crippen LogP contribution is -2.19. The average Bonchev–Trinajstić information content (AvgIpc) is 2.58. The van der Waals surface area contributed by atoms with E-state index in [9.17, 15) is 13.2 Å². The molecule has 0 atom stereocenters. The van der Waals surface area contributed by atoms with Gasteiger partial charge in [-0.3, -0.25) is 4.57 Å². The zero-order valence-electron chi connectivity index (χ0n) is 9.50. The Kier molecular flexibility index (Phi) is 4.26. The Labute approximate surface area is 119 Å². The quantitative estimate of drug-likeness (QED) is 0.674. The number of aromatic nitrogens is 3.